The number of benzene rings is 1. The van der Waals surface area contributed by atoms with E-state index in [0.29, 0.717) is 48.1 Å². The van der Waals surface area contributed by atoms with Crippen molar-refractivity contribution in [2.75, 3.05) is 32.7 Å². The number of rotatable bonds is 8. The van der Waals surface area contributed by atoms with Crippen molar-refractivity contribution >= 4 is 11.9 Å². The Bertz CT molecular complexity index is 1750. The van der Waals surface area contributed by atoms with Crippen LogP contribution in [0.15, 0.2) is 53.5 Å². The third-order valence-corrected chi connectivity index (χ3v) is 15.5. The maximum Gasteiger partial charge on any atom is 0.339 e. The summed E-state index contributed by atoms with van der Waals surface area (Å²) in [5.41, 5.74) is 9.05. The molecule has 3 saturated heterocycles. The molecule has 286 valence electrons. The van der Waals surface area contributed by atoms with Crippen LogP contribution in [0.3, 0.4) is 0 Å². The molecule has 8 aliphatic heterocycles. The summed E-state index contributed by atoms with van der Waals surface area (Å²) in [7, 11) is 0. The van der Waals surface area contributed by atoms with E-state index in [4.69, 9.17) is 15.2 Å². The Kier molecular flexibility index (Phi) is 8.85. The number of carbonyl (C=O) groups excluding carboxylic acids is 2. The van der Waals surface area contributed by atoms with E-state index < -0.39 is 16.4 Å². The van der Waals surface area contributed by atoms with Gasteiger partial charge in [-0.1, -0.05) is 76.5 Å². The number of allylic oxidation sites excluding steroid dienone is 2. The van der Waals surface area contributed by atoms with Crippen molar-refractivity contribution in [3.05, 3.63) is 70.1 Å². The molecule has 0 aromatic heterocycles. The van der Waals surface area contributed by atoms with E-state index in [2.05, 4.69) is 80.8 Å². The Morgan fingerprint density at radius 2 is 1.77 bits per heavy atom. The first kappa shape index (κ1) is 35.8. The van der Waals surface area contributed by atoms with Gasteiger partial charge in [-0.2, -0.15) is 0 Å². The van der Waals surface area contributed by atoms with E-state index in [1.807, 2.05) is 0 Å². The van der Waals surface area contributed by atoms with Gasteiger partial charge in [0.2, 0.25) is 0 Å². The zero-order valence-electron chi connectivity index (χ0n) is 33.0. The summed E-state index contributed by atoms with van der Waals surface area (Å²) in [6, 6.07) is 6.68. The molecule has 4 fully saturated rings. The van der Waals surface area contributed by atoms with Crippen LogP contribution < -0.4 is 5.73 Å². The van der Waals surface area contributed by atoms with Crippen LogP contribution in [0.25, 0.3) is 0 Å². The van der Waals surface area contributed by atoms with Gasteiger partial charge in [-0.3, -0.25) is 9.69 Å². The van der Waals surface area contributed by atoms with Crippen molar-refractivity contribution in [2.24, 2.45) is 58.0 Å². The smallest absolute Gasteiger partial charge is 0.339 e. The minimum Gasteiger partial charge on any atom is -0.449 e. The molecule has 0 amide bonds. The third-order valence-electron chi connectivity index (χ3n) is 15.5. The molecule has 3 aliphatic carbocycles. The number of aryl methyl sites for hydroxylation is 1. The zero-order chi connectivity index (χ0) is 36.9. The summed E-state index contributed by atoms with van der Waals surface area (Å²) in [6.45, 7) is 16.8. The lowest BCUT2D eigenvalue weighted by atomic mass is 9.31. The van der Waals surface area contributed by atoms with Crippen LogP contribution in [0, 0.1) is 52.3 Å². The summed E-state index contributed by atoms with van der Waals surface area (Å²) >= 11 is 0. The molecule has 11 atom stereocenters. The fraction of sp³-hybridized carbons (Fsp3) is 0.696. The van der Waals surface area contributed by atoms with Crippen molar-refractivity contribution < 1.29 is 19.1 Å². The first-order chi connectivity index (χ1) is 25.5. The van der Waals surface area contributed by atoms with Crippen LogP contribution in [0.2, 0.25) is 0 Å². The molecule has 0 radical (unpaired) electrons. The molecule has 53 heavy (non-hydrogen) atoms. The summed E-state index contributed by atoms with van der Waals surface area (Å²) < 4.78 is 13.8. The van der Waals surface area contributed by atoms with Gasteiger partial charge < -0.3 is 20.1 Å². The molecule has 2 spiro atoms. The molecule has 7 heteroatoms. The molecule has 1 unspecified atom stereocenters. The second-order valence-electron chi connectivity index (χ2n) is 19.3. The Balaban J connectivity index is 1.26. The number of nitrogens with two attached hydrogens (primary N) is 1. The molecule has 1 aromatic carbocycles. The molecule has 8 bridgehead atoms. The van der Waals surface area contributed by atoms with Crippen molar-refractivity contribution in [2.45, 2.75) is 117 Å². The van der Waals surface area contributed by atoms with Gasteiger partial charge in [0.1, 0.15) is 11.2 Å². The third kappa shape index (κ3) is 5.10. The van der Waals surface area contributed by atoms with Gasteiger partial charge in [-0.05, 0) is 112 Å². The van der Waals surface area contributed by atoms with Crippen LogP contribution in [0.4, 0.5) is 0 Å². The molecule has 2 N–H and O–H groups in total. The highest BCUT2D eigenvalue weighted by atomic mass is 16.6. The van der Waals surface area contributed by atoms with Crippen molar-refractivity contribution in [3.8, 4) is 0 Å². The van der Waals surface area contributed by atoms with E-state index >= 15 is 4.79 Å². The standard InChI is InChI=1S/C46H63N3O4/c1-28(2)11-12-30(4)21-39-44-23-35-17-18-45(44,46(39)37-10-6-8-34(9-7-19-47)41(37)42(50)53-46)40(52-43(44)51)16-14-31(5)48-24-32-22-33(25-48)27-49(26-32)38-15-13-29(3)20-36(35)38/h6,8,10,15-16,23,28-33,36,39H,7,9,11-14,17-22,24-27,47H2,1-5H3/b40-16-/t29-,30-,31+,32-,33+,36-,39-,44-,45+,46+/m0/s1. The number of nitrogens with zero attached hydrogens (tertiary/aromatic N) is 2. The lowest BCUT2D eigenvalue weighted by Gasteiger charge is -2.69. The molecule has 11 aliphatic rings. The normalized spacial score (nSPS) is 41.0. The zero-order valence-corrected chi connectivity index (χ0v) is 33.0. The molecule has 1 saturated carbocycles. The lowest BCUT2D eigenvalue weighted by Crippen LogP contribution is -2.75. The number of piperidine rings is 2. The summed E-state index contributed by atoms with van der Waals surface area (Å²) in [5.74, 6) is 3.43. The first-order valence-electron chi connectivity index (χ1n) is 21.4. The lowest BCUT2D eigenvalue weighted by molar-refractivity contribution is -0.274. The number of hydrogen-bond acceptors (Lipinski definition) is 7. The van der Waals surface area contributed by atoms with Gasteiger partial charge in [0, 0.05) is 55.3 Å². The van der Waals surface area contributed by atoms with Crippen LogP contribution in [0.5, 0.6) is 0 Å². The molecular weight excluding hydrogens is 659 g/mol. The number of ether oxygens (including phenoxy) is 2. The second-order valence-corrected chi connectivity index (χ2v) is 19.3. The minimum atomic E-state index is -0.957. The Labute approximate surface area is 317 Å². The van der Waals surface area contributed by atoms with Gasteiger partial charge in [-0.15, -0.1) is 0 Å². The molecule has 8 heterocycles. The quantitative estimate of drug-likeness (QED) is 0.214. The van der Waals surface area contributed by atoms with E-state index in [-0.39, 0.29) is 17.9 Å². The van der Waals surface area contributed by atoms with E-state index in [1.165, 1.54) is 17.7 Å². The topological polar surface area (TPSA) is 85.1 Å². The maximum atomic E-state index is 15.2. The average molecular weight is 722 g/mol. The van der Waals surface area contributed by atoms with E-state index in [1.54, 1.807) is 0 Å². The summed E-state index contributed by atoms with van der Waals surface area (Å²) in [5, 5.41) is 0. The van der Waals surface area contributed by atoms with Gasteiger partial charge in [0.05, 0.1) is 11.0 Å². The highest BCUT2D eigenvalue weighted by Gasteiger charge is 2.91. The van der Waals surface area contributed by atoms with E-state index in [9.17, 15) is 4.79 Å². The highest BCUT2D eigenvalue weighted by Crippen LogP contribution is 2.84. The SMILES string of the molecule is CC(C)CC[C@H](C)C[C@@H]1[C@@]2(OC(=O)c3c(CCCN)cccc32)[C@@]23CCC4=C[C@@]12C(=O)O/C3=C\C[C@@H](C)N1C[C@@H]2C[C@@H](CN(C2)C2=CC[C@H](C)C[C@@H]42)C1. The number of fused-ring (bicyclic) bond motifs is 2. The van der Waals surface area contributed by atoms with Crippen LogP contribution in [-0.4, -0.2) is 60.5 Å². The number of hydrogen-bond donors (Lipinski definition) is 1. The second kappa shape index (κ2) is 13.1. The highest BCUT2D eigenvalue weighted by molar-refractivity contribution is 5.99. The van der Waals surface area contributed by atoms with Crippen molar-refractivity contribution in [3.63, 3.8) is 0 Å². The minimum absolute atomic E-state index is 0.118. The predicted octanol–water partition coefficient (Wildman–Crippen LogP) is 8.15. The largest absolute Gasteiger partial charge is 0.449 e. The molecule has 12 rings (SSSR count). The first-order valence-corrected chi connectivity index (χ1v) is 21.4. The van der Waals surface area contributed by atoms with Gasteiger partial charge >= 0.3 is 11.9 Å². The van der Waals surface area contributed by atoms with Gasteiger partial charge in [-0.25, -0.2) is 4.79 Å². The summed E-state index contributed by atoms with van der Waals surface area (Å²) in [4.78, 5) is 35.1. The fourth-order valence-electron chi connectivity index (χ4n) is 13.2. The van der Waals surface area contributed by atoms with Crippen molar-refractivity contribution in [1.82, 2.24) is 9.80 Å². The molecular formula is C46H63N3O4. The van der Waals surface area contributed by atoms with Crippen molar-refractivity contribution in [1.29, 1.82) is 0 Å². The Morgan fingerprint density at radius 3 is 2.53 bits per heavy atom. The van der Waals surface area contributed by atoms with Crippen LogP contribution >= 0.6 is 0 Å². The Morgan fingerprint density at radius 1 is 0.981 bits per heavy atom. The van der Waals surface area contributed by atoms with E-state index in [0.717, 1.165) is 113 Å². The number of carbonyl (C=O) groups is 2. The van der Waals surface area contributed by atoms with Crippen LogP contribution in [-0.2, 0) is 26.3 Å². The molecule has 7 nitrogen and oxygen atoms in total. The Hall–Kier alpha value is -2.90. The van der Waals surface area contributed by atoms with Crippen LogP contribution in [0.1, 0.15) is 120 Å². The fourth-order valence-corrected chi connectivity index (χ4v) is 13.2. The monoisotopic (exact) mass is 721 g/mol. The maximum absolute atomic E-state index is 15.2. The summed E-state index contributed by atoms with van der Waals surface area (Å²) in [6.07, 6.45) is 17.9. The number of esters is 2. The average Bonchev–Trinajstić information content (AvgIpc) is 3.58. The predicted molar refractivity (Wildman–Crippen MR) is 207 cm³/mol. The molecule has 1 aromatic rings. The van der Waals surface area contributed by atoms with Gasteiger partial charge in [0.25, 0.3) is 0 Å². The van der Waals surface area contributed by atoms with Gasteiger partial charge in [0.15, 0.2) is 5.60 Å².